The summed E-state index contributed by atoms with van der Waals surface area (Å²) in [4.78, 5) is 21.4. The highest BCUT2D eigenvalue weighted by Gasteiger charge is 2.32. The molecular weight excluding hydrogens is 526 g/mol. The standard InChI is InChI=1S/C22H22F6N6O2S/c1-12-19(21(37-33-12)32-18-10-29-16(9-30-18)22(26,27)28)20(35)31-13-4-5-14(23)15(8-13)36-7-3-6-34(2)11-17(24)25/h4-5,8-10,17H,3,6-7,11H2,1-2H3,(H,30,32)(H,31,35). The normalized spacial score (nSPS) is 11.7. The third kappa shape index (κ3) is 8.01. The van der Waals surface area contributed by atoms with E-state index in [1.54, 1.807) is 6.92 Å². The molecule has 0 saturated carbocycles. The van der Waals surface area contributed by atoms with Crippen LogP contribution in [0.5, 0.6) is 5.75 Å². The molecule has 200 valence electrons. The lowest BCUT2D eigenvalue weighted by Gasteiger charge is -2.16. The van der Waals surface area contributed by atoms with Crippen molar-refractivity contribution >= 4 is 33.9 Å². The molecule has 0 aliphatic rings. The summed E-state index contributed by atoms with van der Waals surface area (Å²) in [5.74, 6) is -1.44. The van der Waals surface area contributed by atoms with Gasteiger partial charge < -0.3 is 20.3 Å². The van der Waals surface area contributed by atoms with Crippen molar-refractivity contribution in [1.82, 2.24) is 19.2 Å². The summed E-state index contributed by atoms with van der Waals surface area (Å²) in [6, 6.07) is 3.70. The average Bonchev–Trinajstić information content (AvgIpc) is 3.17. The van der Waals surface area contributed by atoms with Crippen LogP contribution in [0.1, 0.15) is 28.2 Å². The summed E-state index contributed by atoms with van der Waals surface area (Å²) >= 11 is 0.897. The van der Waals surface area contributed by atoms with Gasteiger partial charge in [-0.05, 0) is 44.1 Å². The van der Waals surface area contributed by atoms with Gasteiger partial charge in [-0.15, -0.1) is 0 Å². The predicted octanol–water partition coefficient (Wildman–Crippen LogP) is 5.36. The lowest BCUT2D eigenvalue weighted by molar-refractivity contribution is -0.141. The smallest absolute Gasteiger partial charge is 0.434 e. The number of nitrogens with one attached hydrogen (secondary N) is 2. The number of halogens is 6. The molecule has 15 heteroatoms. The van der Waals surface area contributed by atoms with Crippen molar-refractivity contribution in [3.05, 3.63) is 53.4 Å². The third-order valence-electron chi connectivity index (χ3n) is 4.85. The molecule has 0 radical (unpaired) electrons. The zero-order chi connectivity index (χ0) is 27.2. The van der Waals surface area contributed by atoms with E-state index in [4.69, 9.17) is 4.74 Å². The molecule has 0 bridgehead atoms. The number of hydrogen-bond acceptors (Lipinski definition) is 8. The van der Waals surface area contributed by atoms with Crippen LogP contribution in [0.3, 0.4) is 0 Å². The first-order valence-electron chi connectivity index (χ1n) is 10.8. The Kier molecular flexibility index (Phi) is 9.26. The number of aromatic nitrogens is 3. The number of ether oxygens (including phenoxy) is 1. The zero-order valence-electron chi connectivity index (χ0n) is 19.6. The maximum absolute atomic E-state index is 14.2. The molecule has 0 aliphatic carbocycles. The molecule has 0 atom stereocenters. The van der Waals surface area contributed by atoms with E-state index in [1.807, 2.05) is 0 Å². The van der Waals surface area contributed by atoms with Crippen molar-refractivity contribution in [1.29, 1.82) is 0 Å². The Hall–Kier alpha value is -3.46. The van der Waals surface area contributed by atoms with E-state index in [1.165, 1.54) is 24.1 Å². The Morgan fingerprint density at radius 2 is 1.97 bits per heavy atom. The number of carbonyl (C=O) groups is 1. The number of amides is 1. The number of hydrogen-bond donors (Lipinski definition) is 2. The first-order valence-corrected chi connectivity index (χ1v) is 11.5. The quantitative estimate of drug-likeness (QED) is 0.246. The maximum atomic E-state index is 14.2. The summed E-state index contributed by atoms with van der Waals surface area (Å²) in [5.41, 5.74) is -0.495. The summed E-state index contributed by atoms with van der Waals surface area (Å²) in [6.45, 7) is 1.58. The summed E-state index contributed by atoms with van der Waals surface area (Å²) in [7, 11) is 1.54. The van der Waals surface area contributed by atoms with Gasteiger partial charge in [0.15, 0.2) is 17.3 Å². The van der Waals surface area contributed by atoms with Crippen LogP contribution in [0.25, 0.3) is 0 Å². The van der Waals surface area contributed by atoms with Crippen LogP contribution in [0, 0.1) is 12.7 Å². The molecule has 0 unspecified atom stereocenters. The van der Waals surface area contributed by atoms with Gasteiger partial charge in [0.2, 0.25) is 0 Å². The van der Waals surface area contributed by atoms with Crippen LogP contribution in [0.15, 0.2) is 30.6 Å². The SMILES string of the molecule is Cc1nsc(Nc2cnc(C(F)(F)F)cn2)c1C(=O)Nc1ccc(F)c(OCCCN(C)CC(F)F)c1. The minimum atomic E-state index is -4.64. The maximum Gasteiger partial charge on any atom is 0.434 e. The Morgan fingerprint density at radius 3 is 2.62 bits per heavy atom. The van der Waals surface area contributed by atoms with E-state index in [-0.39, 0.29) is 41.0 Å². The molecule has 8 nitrogen and oxygen atoms in total. The molecule has 0 fully saturated rings. The molecule has 1 amide bonds. The van der Waals surface area contributed by atoms with Gasteiger partial charge in [-0.1, -0.05) is 0 Å². The molecule has 0 spiro atoms. The molecule has 0 saturated heterocycles. The van der Waals surface area contributed by atoms with E-state index in [9.17, 15) is 31.1 Å². The lowest BCUT2D eigenvalue weighted by Crippen LogP contribution is -2.26. The van der Waals surface area contributed by atoms with Gasteiger partial charge in [0, 0.05) is 18.3 Å². The summed E-state index contributed by atoms with van der Waals surface area (Å²) in [6.07, 6.45) is -5.27. The fraction of sp³-hybridized carbons (Fsp3) is 0.364. The molecule has 2 N–H and O–H groups in total. The molecule has 2 heterocycles. The highest BCUT2D eigenvalue weighted by atomic mass is 32.1. The first kappa shape index (κ1) is 28.1. The number of carbonyl (C=O) groups excluding carboxylic acids is 1. The second-order valence-electron chi connectivity index (χ2n) is 7.84. The number of benzene rings is 1. The van der Waals surface area contributed by atoms with Crippen LogP contribution in [-0.4, -0.2) is 58.3 Å². The number of alkyl halides is 5. The van der Waals surface area contributed by atoms with Crippen LogP contribution < -0.4 is 15.4 Å². The number of rotatable bonds is 11. The number of nitrogens with zero attached hydrogens (tertiary/aromatic N) is 4. The Balaban J connectivity index is 1.64. The fourth-order valence-electron chi connectivity index (χ4n) is 3.11. The van der Waals surface area contributed by atoms with Gasteiger partial charge in [-0.2, -0.15) is 17.5 Å². The van der Waals surface area contributed by atoms with E-state index in [0.29, 0.717) is 24.9 Å². The fourth-order valence-corrected chi connectivity index (χ4v) is 3.91. The van der Waals surface area contributed by atoms with Crippen molar-refractivity contribution in [2.24, 2.45) is 0 Å². The van der Waals surface area contributed by atoms with Crippen molar-refractivity contribution in [2.75, 3.05) is 37.4 Å². The Labute approximate surface area is 211 Å². The summed E-state index contributed by atoms with van der Waals surface area (Å²) < 4.78 is 86.5. The van der Waals surface area contributed by atoms with Crippen molar-refractivity contribution in [2.45, 2.75) is 25.9 Å². The van der Waals surface area contributed by atoms with Gasteiger partial charge in [-0.25, -0.2) is 23.1 Å². The van der Waals surface area contributed by atoms with Gasteiger partial charge in [-0.3, -0.25) is 4.79 Å². The number of anilines is 3. The number of aryl methyl sites for hydroxylation is 1. The van der Waals surface area contributed by atoms with Gasteiger partial charge >= 0.3 is 6.18 Å². The molecule has 2 aromatic heterocycles. The van der Waals surface area contributed by atoms with Crippen molar-refractivity contribution in [3.8, 4) is 5.75 Å². The largest absolute Gasteiger partial charge is 0.490 e. The first-order chi connectivity index (χ1) is 17.4. The average molecular weight is 549 g/mol. The summed E-state index contributed by atoms with van der Waals surface area (Å²) in [5, 5.41) is 5.55. The van der Waals surface area contributed by atoms with Crippen LogP contribution >= 0.6 is 11.5 Å². The van der Waals surface area contributed by atoms with E-state index >= 15 is 0 Å². The van der Waals surface area contributed by atoms with Crippen LogP contribution in [-0.2, 0) is 6.18 Å². The van der Waals surface area contributed by atoms with E-state index in [2.05, 4.69) is 25.0 Å². The highest BCUT2D eigenvalue weighted by Crippen LogP contribution is 2.31. The topological polar surface area (TPSA) is 92.3 Å². The highest BCUT2D eigenvalue weighted by molar-refractivity contribution is 7.10. The van der Waals surface area contributed by atoms with Gasteiger partial charge in [0.05, 0.1) is 36.8 Å². The molecule has 3 rings (SSSR count). The lowest BCUT2D eigenvalue weighted by atomic mass is 10.2. The van der Waals surface area contributed by atoms with E-state index < -0.39 is 30.0 Å². The van der Waals surface area contributed by atoms with Crippen molar-refractivity contribution in [3.63, 3.8) is 0 Å². The zero-order valence-corrected chi connectivity index (χ0v) is 20.4. The second kappa shape index (κ2) is 12.2. The minimum Gasteiger partial charge on any atom is -0.490 e. The minimum absolute atomic E-state index is 0.0256. The predicted molar refractivity (Wildman–Crippen MR) is 125 cm³/mol. The molecular formula is C22H22F6N6O2S. The molecule has 37 heavy (non-hydrogen) atoms. The van der Waals surface area contributed by atoms with Gasteiger partial charge in [0.25, 0.3) is 12.3 Å². The van der Waals surface area contributed by atoms with Gasteiger partial charge in [0.1, 0.15) is 10.8 Å². The molecule has 3 aromatic rings. The van der Waals surface area contributed by atoms with Crippen molar-refractivity contribution < 1.29 is 35.9 Å². The monoisotopic (exact) mass is 548 g/mol. The second-order valence-corrected chi connectivity index (χ2v) is 8.61. The Bertz CT molecular complexity index is 1210. The molecule has 1 aromatic carbocycles. The Morgan fingerprint density at radius 1 is 1.22 bits per heavy atom. The molecule has 0 aliphatic heterocycles. The van der Waals surface area contributed by atoms with E-state index in [0.717, 1.165) is 23.8 Å². The van der Waals surface area contributed by atoms with Crippen LogP contribution in [0.2, 0.25) is 0 Å². The third-order valence-corrected chi connectivity index (χ3v) is 5.71. The van der Waals surface area contributed by atoms with Crippen LogP contribution in [0.4, 0.5) is 42.8 Å².